The van der Waals surface area contributed by atoms with Crippen LogP contribution >= 0.6 is 0 Å². The Labute approximate surface area is 98.4 Å². The van der Waals surface area contributed by atoms with Gasteiger partial charge in [-0.2, -0.15) is 0 Å². The Kier molecular flexibility index (Phi) is 2.39. The molecule has 0 bridgehead atoms. The summed E-state index contributed by atoms with van der Waals surface area (Å²) in [6.45, 7) is 4.49. The molecule has 0 aliphatic carbocycles. The molecule has 0 atom stereocenters. The zero-order valence-corrected chi connectivity index (χ0v) is 9.22. The maximum absolute atomic E-state index is 5.44. The molecule has 17 heavy (non-hydrogen) atoms. The molecule has 4 nitrogen and oxygen atoms in total. The van der Waals surface area contributed by atoms with Gasteiger partial charge in [-0.05, 0) is 5.57 Å². The molecule has 1 saturated heterocycles. The fourth-order valence-electron chi connectivity index (χ4n) is 1.62. The summed E-state index contributed by atoms with van der Waals surface area (Å²) in [7, 11) is 0. The highest BCUT2D eigenvalue weighted by Crippen LogP contribution is 2.24. The molecule has 2 aliphatic rings. The van der Waals surface area contributed by atoms with Crippen molar-refractivity contribution in [2.75, 3.05) is 13.2 Å². The van der Waals surface area contributed by atoms with Crippen molar-refractivity contribution in [3.8, 4) is 0 Å². The summed E-state index contributed by atoms with van der Waals surface area (Å²) in [6.07, 6.45) is 1.68. The van der Waals surface area contributed by atoms with Gasteiger partial charge in [0.15, 0.2) is 0 Å². The summed E-state index contributed by atoms with van der Waals surface area (Å²) >= 11 is 0. The van der Waals surface area contributed by atoms with Crippen LogP contribution in [0.25, 0.3) is 12.5 Å². The first-order valence-electron chi connectivity index (χ1n) is 5.33. The van der Waals surface area contributed by atoms with Crippen molar-refractivity contribution in [1.82, 2.24) is 0 Å². The zero-order chi connectivity index (χ0) is 11.7. The van der Waals surface area contributed by atoms with Crippen LogP contribution in [-0.2, 0) is 18.9 Å². The molecule has 0 amide bonds. The Morgan fingerprint density at radius 1 is 0.941 bits per heavy atom. The standard InChI is InChI=1S/C13H12O4/c1-10-6-14-13(15-7-10)16-8-11-4-2-3-5-12(11)9-17-13/h2-5,8-9H,1,6-7H2. The third kappa shape index (κ3) is 1.92. The number of rotatable bonds is 0. The molecule has 0 radical (unpaired) electrons. The van der Waals surface area contributed by atoms with E-state index in [-0.39, 0.29) is 0 Å². The van der Waals surface area contributed by atoms with Crippen LogP contribution in [0.4, 0.5) is 0 Å². The van der Waals surface area contributed by atoms with Crippen molar-refractivity contribution in [2.24, 2.45) is 0 Å². The molecule has 1 fully saturated rings. The second kappa shape index (κ2) is 3.91. The Balaban J connectivity index is 1.95. The number of hydrogen-bond acceptors (Lipinski definition) is 4. The lowest BCUT2D eigenvalue weighted by Crippen LogP contribution is -2.43. The van der Waals surface area contributed by atoms with Gasteiger partial charge in [-0.3, -0.25) is 9.47 Å². The summed E-state index contributed by atoms with van der Waals surface area (Å²) in [5.74, 6) is 0. The molecule has 1 aromatic carbocycles. The van der Waals surface area contributed by atoms with E-state index in [9.17, 15) is 0 Å². The van der Waals surface area contributed by atoms with Gasteiger partial charge in [0.2, 0.25) is 0 Å². The van der Waals surface area contributed by atoms with Crippen molar-refractivity contribution in [1.29, 1.82) is 0 Å². The average Bonchev–Trinajstić information content (AvgIpc) is 2.55. The molecule has 0 unspecified atom stereocenters. The van der Waals surface area contributed by atoms with Gasteiger partial charge < -0.3 is 9.47 Å². The molecule has 0 saturated carbocycles. The van der Waals surface area contributed by atoms with E-state index in [0.29, 0.717) is 13.2 Å². The topological polar surface area (TPSA) is 36.9 Å². The summed E-state index contributed by atoms with van der Waals surface area (Å²) < 4.78 is 21.7. The van der Waals surface area contributed by atoms with Crippen LogP contribution in [0.2, 0.25) is 0 Å². The van der Waals surface area contributed by atoms with Gasteiger partial charge in [0.25, 0.3) is 0 Å². The van der Waals surface area contributed by atoms with Crippen LogP contribution < -0.4 is 10.4 Å². The largest absolute Gasteiger partial charge is 0.509 e. The van der Waals surface area contributed by atoms with E-state index in [4.69, 9.17) is 18.9 Å². The van der Waals surface area contributed by atoms with Crippen molar-refractivity contribution >= 4 is 12.5 Å². The Morgan fingerprint density at radius 2 is 1.47 bits per heavy atom. The maximum Gasteiger partial charge on any atom is 0.509 e. The van der Waals surface area contributed by atoms with Gasteiger partial charge >= 0.3 is 6.16 Å². The van der Waals surface area contributed by atoms with Gasteiger partial charge in [-0.25, -0.2) is 0 Å². The fraction of sp³-hybridized carbons (Fsp3) is 0.231. The minimum Gasteiger partial charge on any atom is -0.414 e. The zero-order valence-electron chi connectivity index (χ0n) is 9.22. The molecule has 1 spiro atoms. The SMILES string of the molecule is C=C1COC2(OC=c3ccccc3=CO2)OC1. The quantitative estimate of drug-likeness (QED) is 0.608. The van der Waals surface area contributed by atoms with E-state index in [0.717, 1.165) is 16.0 Å². The second-order valence-electron chi connectivity index (χ2n) is 3.93. The van der Waals surface area contributed by atoms with Gasteiger partial charge in [0.05, 0.1) is 13.2 Å². The van der Waals surface area contributed by atoms with Crippen molar-refractivity contribution < 1.29 is 18.9 Å². The number of fused-ring (bicyclic) bond motifs is 1. The molecular weight excluding hydrogens is 220 g/mol. The van der Waals surface area contributed by atoms with Crippen LogP contribution in [0.1, 0.15) is 0 Å². The Morgan fingerprint density at radius 3 is 2.00 bits per heavy atom. The number of benzene rings is 1. The van der Waals surface area contributed by atoms with Crippen molar-refractivity contribution in [2.45, 2.75) is 6.16 Å². The lowest BCUT2D eigenvalue weighted by Gasteiger charge is -2.33. The fourth-order valence-corrected chi connectivity index (χ4v) is 1.62. The predicted octanol–water partition coefficient (Wildman–Crippen LogP) is 0.424. The number of ether oxygens (including phenoxy) is 4. The smallest absolute Gasteiger partial charge is 0.414 e. The van der Waals surface area contributed by atoms with Gasteiger partial charge in [0, 0.05) is 10.4 Å². The molecule has 0 aromatic heterocycles. The van der Waals surface area contributed by atoms with Crippen LogP contribution in [-0.4, -0.2) is 19.4 Å². The predicted molar refractivity (Wildman–Crippen MR) is 60.6 cm³/mol. The molecule has 88 valence electrons. The van der Waals surface area contributed by atoms with Gasteiger partial charge in [-0.15, -0.1) is 0 Å². The minimum atomic E-state index is -1.47. The van der Waals surface area contributed by atoms with Crippen LogP contribution in [0.3, 0.4) is 0 Å². The van der Waals surface area contributed by atoms with Crippen molar-refractivity contribution in [3.05, 3.63) is 46.9 Å². The van der Waals surface area contributed by atoms with Crippen molar-refractivity contribution in [3.63, 3.8) is 0 Å². The normalized spacial score (nSPS) is 21.3. The summed E-state index contributed by atoms with van der Waals surface area (Å²) in [6, 6.07) is 7.70. The third-order valence-corrected chi connectivity index (χ3v) is 2.56. The molecular formula is C13H12O4. The van der Waals surface area contributed by atoms with Crippen LogP contribution in [0.5, 0.6) is 0 Å². The van der Waals surface area contributed by atoms with Gasteiger partial charge in [-0.1, -0.05) is 30.8 Å². The summed E-state index contributed by atoms with van der Waals surface area (Å²) in [5.41, 5.74) is 0.851. The molecule has 4 heteroatoms. The maximum atomic E-state index is 5.44. The lowest BCUT2D eigenvalue weighted by molar-refractivity contribution is -0.463. The Hall–Kier alpha value is -1.78. The minimum absolute atomic E-state index is 0.359. The molecule has 0 N–H and O–H groups in total. The molecule has 1 aromatic rings. The van der Waals surface area contributed by atoms with E-state index in [1.165, 1.54) is 0 Å². The lowest BCUT2D eigenvalue weighted by atomic mass is 10.3. The monoisotopic (exact) mass is 232 g/mol. The first-order chi connectivity index (χ1) is 8.27. The van der Waals surface area contributed by atoms with E-state index in [1.54, 1.807) is 12.5 Å². The third-order valence-electron chi connectivity index (χ3n) is 2.56. The molecule has 2 heterocycles. The first kappa shape index (κ1) is 10.4. The van der Waals surface area contributed by atoms with E-state index in [2.05, 4.69) is 6.58 Å². The number of hydrogen-bond donors (Lipinski definition) is 0. The van der Waals surface area contributed by atoms with E-state index >= 15 is 0 Å². The van der Waals surface area contributed by atoms with Crippen LogP contribution in [0, 0.1) is 0 Å². The van der Waals surface area contributed by atoms with Crippen LogP contribution in [0.15, 0.2) is 36.4 Å². The summed E-state index contributed by atoms with van der Waals surface area (Å²) in [5, 5.41) is 1.84. The highest BCUT2D eigenvalue weighted by molar-refractivity contribution is 5.26. The molecule has 3 rings (SSSR count). The molecule has 2 aliphatic heterocycles. The highest BCUT2D eigenvalue weighted by atomic mass is 17.0. The average molecular weight is 232 g/mol. The summed E-state index contributed by atoms with van der Waals surface area (Å²) in [4.78, 5) is 0. The van der Waals surface area contributed by atoms with E-state index < -0.39 is 6.16 Å². The van der Waals surface area contributed by atoms with E-state index in [1.807, 2.05) is 24.3 Å². The first-order valence-corrected chi connectivity index (χ1v) is 5.33. The van der Waals surface area contributed by atoms with Gasteiger partial charge in [0.1, 0.15) is 12.5 Å². The second-order valence-corrected chi connectivity index (χ2v) is 3.93. The Bertz CT molecular complexity index is 512. The highest BCUT2D eigenvalue weighted by Gasteiger charge is 2.41.